The SMILES string of the molecule is C[C@@H](OC1CCCCO1)c1nc2c(F)c(-c3cccc(Cl)c3Cl)c(CCC#N)cc2c(N[C@H]2[C@@H]3C[C@H]2N(C(=O)OC(C)(C)C)C3)c1I. The van der Waals surface area contributed by atoms with Crippen LogP contribution < -0.4 is 5.32 Å². The molecule has 12 heteroatoms. The number of pyridine rings is 1. The van der Waals surface area contributed by atoms with Gasteiger partial charge in [0, 0.05) is 42.0 Å². The number of hydrogen-bond donors (Lipinski definition) is 1. The van der Waals surface area contributed by atoms with E-state index in [9.17, 15) is 10.1 Å². The average Bonchev–Trinajstić information content (AvgIpc) is 3.62. The number of carbonyl (C=O) groups excluding carboxylic acids is 1. The predicted molar refractivity (Wildman–Crippen MR) is 189 cm³/mol. The van der Waals surface area contributed by atoms with Crippen LogP contribution >= 0.6 is 45.8 Å². The first-order valence-electron chi connectivity index (χ1n) is 16.1. The van der Waals surface area contributed by atoms with Crippen molar-refractivity contribution in [3.63, 3.8) is 0 Å². The molecular formula is C35H38Cl2FIN4O4. The second kappa shape index (κ2) is 13.8. The highest BCUT2D eigenvalue weighted by molar-refractivity contribution is 14.1. The van der Waals surface area contributed by atoms with Gasteiger partial charge >= 0.3 is 6.09 Å². The van der Waals surface area contributed by atoms with Crippen LogP contribution in [-0.4, -0.2) is 53.1 Å². The van der Waals surface area contributed by atoms with Crippen molar-refractivity contribution in [3.8, 4) is 17.2 Å². The molecule has 0 spiro atoms. The van der Waals surface area contributed by atoms with Crippen molar-refractivity contribution >= 4 is 68.5 Å². The zero-order valence-electron chi connectivity index (χ0n) is 26.8. The Hall–Kier alpha value is -2.43. The Morgan fingerprint density at radius 2 is 2.11 bits per heavy atom. The lowest BCUT2D eigenvalue weighted by molar-refractivity contribution is -0.186. The molecule has 3 aromatic rings. The molecule has 4 aliphatic rings. The van der Waals surface area contributed by atoms with Crippen LogP contribution in [0.2, 0.25) is 10.0 Å². The number of nitrogens with zero attached hydrogens (tertiary/aromatic N) is 3. The molecule has 1 amide bonds. The lowest BCUT2D eigenvalue weighted by atomic mass is 9.79. The number of halogens is 4. The molecule has 250 valence electrons. The Morgan fingerprint density at radius 3 is 2.81 bits per heavy atom. The summed E-state index contributed by atoms with van der Waals surface area (Å²) in [7, 11) is 0. The molecule has 47 heavy (non-hydrogen) atoms. The molecule has 8 nitrogen and oxygen atoms in total. The van der Waals surface area contributed by atoms with E-state index in [0.717, 1.165) is 34.9 Å². The summed E-state index contributed by atoms with van der Waals surface area (Å²) in [5.74, 6) is -0.333. The number of hydrogen-bond acceptors (Lipinski definition) is 7. The van der Waals surface area contributed by atoms with Crippen molar-refractivity contribution in [2.75, 3.05) is 18.5 Å². The van der Waals surface area contributed by atoms with Crippen LogP contribution in [0, 0.1) is 26.6 Å². The monoisotopic (exact) mass is 794 g/mol. The minimum absolute atomic E-state index is 0.0555. The van der Waals surface area contributed by atoms with Gasteiger partial charge in [0.25, 0.3) is 0 Å². The molecule has 3 aliphatic heterocycles. The highest BCUT2D eigenvalue weighted by atomic mass is 127. The largest absolute Gasteiger partial charge is 0.444 e. The third-order valence-electron chi connectivity index (χ3n) is 9.11. The van der Waals surface area contributed by atoms with Crippen LogP contribution in [0.1, 0.15) is 77.2 Å². The van der Waals surface area contributed by atoms with Crippen LogP contribution in [-0.2, 0) is 20.6 Å². The number of aromatic nitrogens is 1. The second-order valence-electron chi connectivity index (χ2n) is 13.5. The minimum atomic E-state index is -0.600. The van der Waals surface area contributed by atoms with Gasteiger partial charge in [0.05, 0.1) is 43.1 Å². The highest BCUT2D eigenvalue weighted by Crippen LogP contribution is 2.47. The van der Waals surface area contributed by atoms with E-state index in [-0.39, 0.29) is 52.9 Å². The van der Waals surface area contributed by atoms with Crippen LogP contribution in [0.5, 0.6) is 0 Å². The maximum Gasteiger partial charge on any atom is 0.410 e. The Bertz CT molecular complexity index is 1740. The van der Waals surface area contributed by atoms with Gasteiger partial charge in [-0.2, -0.15) is 5.26 Å². The van der Waals surface area contributed by atoms with Gasteiger partial charge in [-0.1, -0.05) is 35.3 Å². The van der Waals surface area contributed by atoms with Gasteiger partial charge in [-0.15, -0.1) is 0 Å². The number of nitrogens with one attached hydrogen (secondary N) is 1. The van der Waals surface area contributed by atoms with Crippen molar-refractivity contribution in [1.82, 2.24) is 9.88 Å². The Kier molecular flexibility index (Phi) is 10.1. The molecule has 1 N–H and O–H groups in total. The number of aryl methyl sites for hydroxylation is 1. The summed E-state index contributed by atoms with van der Waals surface area (Å²) in [4.78, 5) is 19.8. The number of rotatable bonds is 8. The molecule has 2 bridgehead atoms. The summed E-state index contributed by atoms with van der Waals surface area (Å²) in [5, 5.41) is 14.3. The summed E-state index contributed by atoms with van der Waals surface area (Å²) in [5.41, 5.74) is 2.20. The summed E-state index contributed by atoms with van der Waals surface area (Å²) in [6, 6.07) is 9.09. The van der Waals surface area contributed by atoms with Gasteiger partial charge < -0.3 is 24.4 Å². The number of amides is 1. The van der Waals surface area contributed by atoms with E-state index in [4.69, 9.17) is 42.4 Å². The molecule has 2 aromatic carbocycles. The van der Waals surface area contributed by atoms with Crippen molar-refractivity contribution in [2.24, 2.45) is 5.92 Å². The fraction of sp³-hybridized carbons (Fsp3) is 0.514. The van der Waals surface area contributed by atoms with E-state index in [1.807, 2.05) is 33.8 Å². The van der Waals surface area contributed by atoms with E-state index < -0.39 is 17.5 Å². The lowest BCUT2D eigenvalue weighted by Gasteiger charge is -2.38. The molecule has 4 fully saturated rings. The third-order valence-corrected chi connectivity index (χ3v) is 11.0. The number of nitriles is 1. The predicted octanol–water partition coefficient (Wildman–Crippen LogP) is 9.43. The van der Waals surface area contributed by atoms with Gasteiger partial charge in [-0.3, -0.25) is 0 Å². The molecule has 7 rings (SSSR count). The summed E-state index contributed by atoms with van der Waals surface area (Å²) < 4.78 is 35.8. The Balaban J connectivity index is 1.47. The molecule has 1 unspecified atom stereocenters. The Morgan fingerprint density at radius 1 is 1.32 bits per heavy atom. The molecule has 0 radical (unpaired) electrons. The molecule has 3 saturated heterocycles. The molecule has 1 saturated carbocycles. The van der Waals surface area contributed by atoms with Gasteiger partial charge in [0.15, 0.2) is 12.1 Å². The maximum atomic E-state index is 17.1. The number of carbonyl (C=O) groups is 1. The van der Waals surface area contributed by atoms with Gasteiger partial charge in [0.2, 0.25) is 0 Å². The van der Waals surface area contributed by atoms with E-state index in [1.165, 1.54) is 0 Å². The number of fused-ring (bicyclic) bond motifs is 2. The van der Waals surface area contributed by atoms with E-state index in [0.29, 0.717) is 46.8 Å². The van der Waals surface area contributed by atoms with Crippen molar-refractivity contribution in [3.05, 3.63) is 55.0 Å². The minimum Gasteiger partial charge on any atom is -0.444 e. The molecule has 4 heterocycles. The van der Waals surface area contributed by atoms with Crippen LogP contribution in [0.25, 0.3) is 22.0 Å². The standard InChI is InChI=1S/C35H38Cl2FIN4O4/c1-18(46-25-12-5-6-14-45-25)30-29(39)33(42-31-20-16-24(31)43(17-20)34(44)47-35(2,3)4)22-15-19(9-8-13-40)26(28(38)32(22)41-30)21-10-7-11-23(36)27(21)37/h7,10-11,15,18,20,24-25,31H,5-6,8-9,12,14,16-17H2,1-4H3,(H,41,42)/t18-,20-,24-,25?,31+/m1/s1. The molecule has 5 atom stereocenters. The fourth-order valence-corrected chi connectivity index (χ4v) is 8.24. The number of ether oxygens (including phenoxy) is 3. The first-order chi connectivity index (χ1) is 22.4. The van der Waals surface area contributed by atoms with Gasteiger partial charge in [-0.25, -0.2) is 14.2 Å². The van der Waals surface area contributed by atoms with E-state index in [2.05, 4.69) is 34.0 Å². The average molecular weight is 796 g/mol. The van der Waals surface area contributed by atoms with Crippen molar-refractivity contribution < 1.29 is 23.4 Å². The first kappa shape index (κ1) is 34.4. The smallest absolute Gasteiger partial charge is 0.410 e. The van der Waals surface area contributed by atoms with Crippen molar-refractivity contribution in [1.29, 1.82) is 5.26 Å². The number of benzene rings is 2. The lowest BCUT2D eigenvalue weighted by Crippen LogP contribution is -2.50. The highest BCUT2D eigenvalue weighted by Gasteiger charge is 2.55. The normalized spacial score (nSPS) is 22.9. The van der Waals surface area contributed by atoms with E-state index >= 15 is 4.39 Å². The third kappa shape index (κ3) is 6.89. The Labute approximate surface area is 298 Å². The summed E-state index contributed by atoms with van der Waals surface area (Å²) in [6.07, 6.45) is 2.94. The van der Waals surface area contributed by atoms with Crippen LogP contribution in [0.15, 0.2) is 24.3 Å². The van der Waals surface area contributed by atoms with Gasteiger partial charge in [-0.05, 0) is 100 Å². The van der Waals surface area contributed by atoms with Crippen LogP contribution in [0.4, 0.5) is 14.9 Å². The van der Waals surface area contributed by atoms with Crippen molar-refractivity contribution in [2.45, 2.75) is 96.3 Å². The first-order valence-corrected chi connectivity index (χ1v) is 17.9. The zero-order valence-corrected chi connectivity index (χ0v) is 30.5. The maximum absolute atomic E-state index is 17.1. The summed E-state index contributed by atoms with van der Waals surface area (Å²) >= 11 is 15.3. The molecular weight excluding hydrogens is 757 g/mol. The summed E-state index contributed by atoms with van der Waals surface area (Å²) in [6.45, 7) is 8.70. The fourth-order valence-electron chi connectivity index (χ4n) is 6.84. The molecule has 1 aliphatic carbocycles. The van der Waals surface area contributed by atoms with Gasteiger partial charge in [0.1, 0.15) is 17.2 Å². The second-order valence-corrected chi connectivity index (χ2v) is 15.4. The number of anilines is 1. The molecule has 1 aromatic heterocycles. The topological polar surface area (TPSA) is 96.7 Å². The zero-order chi connectivity index (χ0) is 33.6. The van der Waals surface area contributed by atoms with E-state index in [1.54, 1.807) is 23.1 Å². The van der Waals surface area contributed by atoms with Crippen LogP contribution in [0.3, 0.4) is 0 Å². The quantitative estimate of drug-likeness (QED) is 0.227.